The van der Waals surface area contributed by atoms with E-state index in [1.807, 2.05) is 11.8 Å². The molecular weight excluding hydrogens is 344 g/mol. The lowest BCUT2D eigenvalue weighted by molar-refractivity contribution is 0.122. The Bertz CT molecular complexity index is 797. The Hall–Kier alpha value is -2.81. The maximum absolute atomic E-state index is 13.6. The molecule has 138 valence electrons. The number of nitrogens with one attached hydrogen (secondary N) is 2. The summed E-state index contributed by atoms with van der Waals surface area (Å²) in [4.78, 5) is 22.8. The van der Waals surface area contributed by atoms with E-state index < -0.39 is 17.7 Å². The first-order valence-corrected chi connectivity index (χ1v) is 8.18. The lowest BCUT2D eigenvalue weighted by atomic mass is 10.3. The Morgan fingerprint density at radius 3 is 2.77 bits per heavy atom. The molecule has 1 aromatic heterocycles. The van der Waals surface area contributed by atoms with Crippen molar-refractivity contribution in [2.24, 2.45) is 0 Å². The van der Waals surface area contributed by atoms with E-state index in [0.29, 0.717) is 37.9 Å². The van der Waals surface area contributed by atoms with Crippen LogP contribution in [0.4, 0.5) is 25.2 Å². The van der Waals surface area contributed by atoms with Crippen LogP contribution in [0.1, 0.15) is 11.4 Å². The van der Waals surface area contributed by atoms with Gasteiger partial charge in [0, 0.05) is 24.8 Å². The summed E-state index contributed by atoms with van der Waals surface area (Å²) in [6, 6.07) is 3.95. The van der Waals surface area contributed by atoms with Crippen LogP contribution in [0.5, 0.6) is 0 Å². The number of carbonyl (C=O) groups excluding carboxylic acids is 1. The fourth-order valence-corrected chi connectivity index (χ4v) is 2.54. The van der Waals surface area contributed by atoms with Gasteiger partial charge in [0.1, 0.15) is 11.6 Å². The first-order valence-electron chi connectivity index (χ1n) is 8.18. The summed E-state index contributed by atoms with van der Waals surface area (Å²) in [7, 11) is 0. The minimum Gasteiger partial charge on any atom is -0.378 e. The summed E-state index contributed by atoms with van der Waals surface area (Å²) in [5.41, 5.74) is 1.17. The largest absolute Gasteiger partial charge is 0.378 e. The van der Waals surface area contributed by atoms with Gasteiger partial charge in [-0.15, -0.1) is 0 Å². The van der Waals surface area contributed by atoms with Gasteiger partial charge in [-0.3, -0.25) is 0 Å². The van der Waals surface area contributed by atoms with Crippen molar-refractivity contribution in [2.45, 2.75) is 13.5 Å². The van der Waals surface area contributed by atoms with Crippen molar-refractivity contribution >= 4 is 17.7 Å². The summed E-state index contributed by atoms with van der Waals surface area (Å²) >= 11 is 0. The first kappa shape index (κ1) is 18.0. The predicted molar refractivity (Wildman–Crippen MR) is 92.0 cm³/mol. The van der Waals surface area contributed by atoms with Gasteiger partial charge in [-0.05, 0) is 25.1 Å². The Labute approximate surface area is 149 Å². The minimum atomic E-state index is -0.714. The number of urea groups is 1. The van der Waals surface area contributed by atoms with Crippen molar-refractivity contribution in [2.75, 3.05) is 36.5 Å². The van der Waals surface area contributed by atoms with E-state index in [-0.39, 0.29) is 12.2 Å². The van der Waals surface area contributed by atoms with E-state index in [1.54, 1.807) is 6.07 Å². The summed E-state index contributed by atoms with van der Waals surface area (Å²) in [6.07, 6.45) is 0. The zero-order chi connectivity index (χ0) is 18.5. The Morgan fingerprint density at radius 1 is 1.23 bits per heavy atom. The van der Waals surface area contributed by atoms with E-state index in [1.165, 1.54) is 0 Å². The molecule has 1 fully saturated rings. The van der Waals surface area contributed by atoms with E-state index >= 15 is 0 Å². The second kappa shape index (κ2) is 8.05. The molecule has 1 aliphatic rings. The van der Waals surface area contributed by atoms with Crippen LogP contribution in [-0.2, 0) is 11.3 Å². The fourth-order valence-electron chi connectivity index (χ4n) is 2.54. The maximum atomic E-state index is 13.6. The third-order valence-corrected chi connectivity index (χ3v) is 3.80. The summed E-state index contributed by atoms with van der Waals surface area (Å²) in [5, 5.41) is 4.86. The van der Waals surface area contributed by atoms with Gasteiger partial charge in [0.15, 0.2) is 0 Å². The van der Waals surface area contributed by atoms with E-state index in [4.69, 9.17) is 4.74 Å². The number of carbonyl (C=O) groups is 1. The van der Waals surface area contributed by atoms with Gasteiger partial charge in [-0.1, -0.05) is 0 Å². The van der Waals surface area contributed by atoms with Crippen molar-refractivity contribution < 1.29 is 18.3 Å². The molecule has 1 aromatic carbocycles. The standard InChI is InChI=1S/C17H19F2N5O2/c1-11-8-13(22-16(21-11)24-4-6-26-7-5-24)10-20-17(25)23-15-9-12(18)2-3-14(15)19/h2-3,8-9H,4-7,10H2,1H3,(H2,20,23,25). The molecule has 0 saturated carbocycles. The fraction of sp³-hybridized carbons (Fsp3) is 0.353. The molecular formula is C17H19F2N5O2. The molecule has 0 aliphatic carbocycles. The molecule has 2 amide bonds. The summed E-state index contributed by atoms with van der Waals surface area (Å²) in [5.74, 6) is -0.765. The second-order valence-corrected chi connectivity index (χ2v) is 5.83. The van der Waals surface area contributed by atoms with Crippen LogP contribution in [0.25, 0.3) is 0 Å². The van der Waals surface area contributed by atoms with E-state index in [2.05, 4.69) is 20.6 Å². The number of ether oxygens (including phenoxy) is 1. The number of hydrogen-bond donors (Lipinski definition) is 2. The normalized spacial score (nSPS) is 14.2. The van der Waals surface area contributed by atoms with Crippen LogP contribution in [0.2, 0.25) is 0 Å². The number of aromatic nitrogens is 2. The molecule has 2 heterocycles. The van der Waals surface area contributed by atoms with Crippen LogP contribution in [0, 0.1) is 18.6 Å². The highest BCUT2D eigenvalue weighted by atomic mass is 19.1. The number of aryl methyl sites for hydroxylation is 1. The highest BCUT2D eigenvalue weighted by Gasteiger charge is 2.15. The smallest absolute Gasteiger partial charge is 0.319 e. The molecule has 0 spiro atoms. The van der Waals surface area contributed by atoms with Gasteiger partial charge >= 0.3 is 6.03 Å². The summed E-state index contributed by atoms with van der Waals surface area (Å²) in [6.45, 7) is 4.62. The highest BCUT2D eigenvalue weighted by Crippen LogP contribution is 2.15. The highest BCUT2D eigenvalue weighted by molar-refractivity contribution is 5.89. The number of amides is 2. The molecule has 2 aromatic rings. The number of nitrogens with zero attached hydrogens (tertiary/aromatic N) is 3. The molecule has 1 aliphatic heterocycles. The lowest BCUT2D eigenvalue weighted by Gasteiger charge is -2.27. The minimum absolute atomic E-state index is 0.128. The van der Waals surface area contributed by atoms with Crippen LogP contribution >= 0.6 is 0 Å². The molecule has 0 bridgehead atoms. The number of anilines is 2. The number of halogens is 2. The molecule has 0 radical (unpaired) electrons. The van der Waals surface area contributed by atoms with Crippen LogP contribution in [-0.4, -0.2) is 42.3 Å². The molecule has 0 unspecified atom stereocenters. The predicted octanol–water partition coefficient (Wildman–Crippen LogP) is 2.22. The molecule has 9 heteroatoms. The van der Waals surface area contributed by atoms with Crippen LogP contribution in [0.3, 0.4) is 0 Å². The average Bonchev–Trinajstić information content (AvgIpc) is 2.63. The van der Waals surface area contributed by atoms with Gasteiger partial charge in [-0.2, -0.15) is 0 Å². The quantitative estimate of drug-likeness (QED) is 0.871. The zero-order valence-corrected chi connectivity index (χ0v) is 14.3. The Kier molecular flexibility index (Phi) is 5.57. The SMILES string of the molecule is Cc1cc(CNC(=O)Nc2cc(F)ccc2F)nc(N2CCOCC2)n1. The van der Waals surface area contributed by atoms with Gasteiger partial charge in [0.25, 0.3) is 0 Å². The van der Waals surface area contributed by atoms with E-state index in [0.717, 1.165) is 23.9 Å². The first-order chi connectivity index (χ1) is 12.5. The molecule has 1 saturated heterocycles. The number of hydrogen-bond acceptors (Lipinski definition) is 5. The van der Waals surface area contributed by atoms with Gasteiger partial charge in [0.2, 0.25) is 5.95 Å². The van der Waals surface area contributed by atoms with Gasteiger partial charge in [-0.25, -0.2) is 23.5 Å². The van der Waals surface area contributed by atoms with Crippen LogP contribution in [0.15, 0.2) is 24.3 Å². The van der Waals surface area contributed by atoms with E-state index in [9.17, 15) is 13.6 Å². The van der Waals surface area contributed by atoms with Crippen LogP contribution < -0.4 is 15.5 Å². The second-order valence-electron chi connectivity index (χ2n) is 5.83. The monoisotopic (exact) mass is 363 g/mol. The summed E-state index contributed by atoms with van der Waals surface area (Å²) < 4.78 is 32.0. The third-order valence-electron chi connectivity index (χ3n) is 3.80. The molecule has 7 nitrogen and oxygen atoms in total. The van der Waals surface area contributed by atoms with Crippen molar-refractivity contribution in [1.82, 2.24) is 15.3 Å². The topological polar surface area (TPSA) is 79.4 Å². The maximum Gasteiger partial charge on any atom is 0.319 e. The number of morpholine rings is 1. The molecule has 26 heavy (non-hydrogen) atoms. The Morgan fingerprint density at radius 2 is 2.00 bits per heavy atom. The molecule has 3 rings (SSSR count). The van der Waals surface area contributed by atoms with Crippen molar-refractivity contribution in [3.63, 3.8) is 0 Å². The lowest BCUT2D eigenvalue weighted by Crippen LogP contribution is -2.37. The van der Waals surface area contributed by atoms with Crippen molar-refractivity contribution in [3.8, 4) is 0 Å². The molecule has 0 atom stereocenters. The van der Waals surface area contributed by atoms with Gasteiger partial charge in [0.05, 0.1) is 31.1 Å². The van der Waals surface area contributed by atoms with Crippen molar-refractivity contribution in [1.29, 1.82) is 0 Å². The molecule has 2 N–H and O–H groups in total. The number of rotatable bonds is 4. The Balaban J connectivity index is 1.62. The number of benzene rings is 1. The average molecular weight is 363 g/mol. The third kappa shape index (κ3) is 4.63. The zero-order valence-electron chi connectivity index (χ0n) is 14.3. The van der Waals surface area contributed by atoms with Gasteiger partial charge < -0.3 is 20.3 Å². The van der Waals surface area contributed by atoms with Crippen molar-refractivity contribution in [3.05, 3.63) is 47.3 Å².